The first-order valence-corrected chi connectivity index (χ1v) is 2.68. The van der Waals surface area contributed by atoms with E-state index in [0.29, 0.717) is 13.2 Å². The molecule has 0 saturated carbocycles. The summed E-state index contributed by atoms with van der Waals surface area (Å²) in [6.07, 6.45) is 0. The molecule has 0 spiro atoms. The molecule has 0 rings (SSSR count). The van der Waals surface area contributed by atoms with Crippen LogP contribution in [0.1, 0.15) is 0 Å². The Morgan fingerprint density at radius 2 is 2.38 bits per heavy atom. The third-order valence-electron chi connectivity index (χ3n) is 0.510. The molecule has 0 amide bonds. The highest BCUT2D eigenvalue weighted by Gasteiger charge is 1.89. The molecule has 0 aromatic heterocycles. The van der Waals surface area contributed by atoms with Crippen molar-refractivity contribution in [1.82, 2.24) is 0 Å². The van der Waals surface area contributed by atoms with Gasteiger partial charge in [0.1, 0.15) is 13.2 Å². The highest BCUT2D eigenvalue weighted by molar-refractivity contribution is 7.80. The summed E-state index contributed by atoms with van der Waals surface area (Å²) >= 11 is 4.49. The van der Waals surface area contributed by atoms with Crippen molar-refractivity contribution >= 4 is 17.3 Å². The number of aliphatic hydroxyl groups excluding tert-OH is 1. The van der Waals surface area contributed by atoms with Crippen molar-refractivity contribution in [1.29, 1.82) is 0 Å². The van der Waals surface area contributed by atoms with Gasteiger partial charge in [0.25, 0.3) is 0 Å². The summed E-state index contributed by atoms with van der Waals surface area (Å²) in [6, 6.07) is 0. The van der Waals surface area contributed by atoms with Crippen molar-refractivity contribution in [3.8, 4) is 0 Å². The number of hydrogen-bond acceptors (Lipinski definition) is 4. The van der Waals surface area contributed by atoms with Gasteiger partial charge in [-0.15, -0.1) is 0 Å². The Hall–Kier alpha value is -0.190. The van der Waals surface area contributed by atoms with Gasteiger partial charge in [0.05, 0.1) is 0 Å². The minimum Gasteiger partial charge on any atom is -0.483 e. The summed E-state index contributed by atoms with van der Waals surface area (Å²) in [4.78, 5) is 0. The Balaban J connectivity index is 2.99. The van der Waals surface area contributed by atoms with Crippen LogP contribution in [-0.2, 0) is 4.74 Å². The Kier molecular flexibility index (Phi) is 4.84. The van der Waals surface area contributed by atoms with Gasteiger partial charge in [0.15, 0.2) is 5.05 Å². The second kappa shape index (κ2) is 4.96. The van der Waals surface area contributed by atoms with Crippen molar-refractivity contribution in [3.05, 3.63) is 0 Å². The molecule has 48 valence electrons. The first-order valence-electron chi connectivity index (χ1n) is 2.27. The van der Waals surface area contributed by atoms with Crippen LogP contribution in [0.5, 0.6) is 0 Å². The van der Waals surface area contributed by atoms with Crippen molar-refractivity contribution < 1.29 is 9.84 Å². The lowest BCUT2D eigenvalue weighted by Gasteiger charge is -2.00. The Labute approximate surface area is 53.4 Å². The average molecular weight is 135 g/mol. The molecular weight excluding hydrogens is 126 g/mol. The molecule has 0 aromatic carbocycles. The van der Waals surface area contributed by atoms with Gasteiger partial charge in [-0.2, -0.15) is 0 Å². The molecule has 4 heteroatoms. The lowest BCUT2D eigenvalue weighted by molar-refractivity contribution is 0.269. The van der Waals surface area contributed by atoms with E-state index in [9.17, 15) is 0 Å². The standard InChI is InChI=1S/C4H9NO2S/c5-1-2-7-4(8)3-6/h6H,1-3,5H2. The zero-order chi connectivity index (χ0) is 6.41. The second-order valence-electron chi connectivity index (χ2n) is 1.17. The third-order valence-corrected chi connectivity index (χ3v) is 0.757. The van der Waals surface area contributed by atoms with Gasteiger partial charge < -0.3 is 15.6 Å². The fraction of sp³-hybridized carbons (Fsp3) is 0.750. The summed E-state index contributed by atoms with van der Waals surface area (Å²) < 4.78 is 4.70. The van der Waals surface area contributed by atoms with Crippen LogP contribution in [-0.4, -0.2) is 29.9 Å². The Morgan fingerprint density at radius 1 is 1.75 bits per heavy atom. The highest BCUT2D eigenvalue weighted by Crippen LogP contribution is 1.77. The van der Waals surface area contributed by atoms with Crippen LogP contribution < -0.4 is 5.73 Å². The molecule has 0 aliphatic heterocycles. The summed E-state index contributed by atoms with van der Waals surface area (Å²) in [5, 5.41) is 8.46. The topological polar surface area (TPSA) is 55.5 Å². The largest absolute Gasteiger partial charge is 0.483 e. The average Bonchev–Trinajstić information content (AvgIpc) is 1.83. The van der Waals surface area contributed by atoms with Crippen LogP contribution in [0.4, 0.5) is 0 Å². The molecule has 3 nitrogen and oxygen atoms in total. The van der Waals surface area contributed by atoms with Gasteiger partial charge in [-0.3, -0.25) is 0 Å². The molecule has 0 aromatic rings. The van der Waals surface area contributed by atoms with E-state index in [-0.39, 0.29) is 11.7 Å². The predicted octanol–water partition coefficient (Wildman–Crippen LogP) is -0.719. The molecule has 3 N–H and O–H groups in total. The summed E-state index contributed by atoms with van der Waals surface area (Å²) in [5.41, 5.74) is 5.07. The fourth-order valence-electron chi connectivity index (χ4n) is 0.218. The third kappa shape index (κ3) is 3.98. The summed E-state index contributed by atoms with van der Waals surface area (Å²) in [7, 11) is 0. The lowest BCUT2D eigenvalue weighted by Crippen LogP contribution is -2.14. The number of ether oxygens (including phenoxy) is 1. The van der Waals surface area contributed by atoms with E-state index in [0.717, 1.165) is 0 Å². The van der Waals surface area contributed by atoms with E-state index in [2.05, 4.69) is 12.2 Å². The molecule has 0 saturated heterocycles. The summed E-state index contributed by atoms with van der Waals surface area (Å²) in [6.45, 7) is 0.620. The normalized spacial score (nSPS) is 8.75. The van der Waals surface area contributed by atoms with Gasteiger partial charge in [-0.25, -0.2) is 0 Å². The van der Waals surface area contributed by atoms with Gasteiger partial charge >= 0.3 is 0 Å². The molecule has 0 unspecified atom stereocenters. The van der Waals surface area contributed by atoms with Crippen molar-refractivity contribution in [2.75, 3.05) is 19.8 Å². The highest BCUT2D eigenvalue weighted by atomic mass is 32.1. The quantitative estimate of drug-likeness (QED) is 0.501. The van der Waals surface area contributed by atoms with Crippen LogP contribution in [0, 0.1) is 0 Å². The first-order chi connectivity index (χ1) is 3.81. The molecule has 0 fully saturated rings. The number of thiocarbonyl (C=S) groups is 1. The number of rotatable bonds is 3. The van der Waals surface area contributed by atoms with Gasteiger partial charge in [0, 0.05) is 6.54 Å². The van der Waals surface area contributed by atoms with Crippen LogP contribution in [0.2, 0.25) is 0 Å². The molecule has 0 aliphatic rings. The van der Waals surface area contributed by atoms with Crippen LogP contribution >= 0.6 is 12.2 Å². The van der Waals surface area contributed by atoms with E-state index in [1.54, 1.807) is 0 Å². The SMILES string of the molecule is NCCOC(=S)CO. The maximum absolute atomic E-state index is 8.25. The number of aliphatic hydroxyl groups is 1. The molecule has 8 heavy (non-hydrogen) atoms. The van der Waals surface area contributed by atoms with E-state index in [4.69, 9.17) is 15.6 Å². The smallest absolute Gasteiger partial charge is 0.185 e. The molecular formula is C4H9NO2S. The van der Waals surface area contributed by atoms with Gasteiger partial charge in [-0.1, -0.05) is 0 Å². The predicted molar refractivity (Wildman–Crippen MR) is 34.7 cm³/mol. The maximum Gasteiger partial charge on any atom is 0.185 e. The monoisotopic (exact) mass is 135 g/mol. The summed E-state index contributed by atoms with van der Waals surface area (Å²) in [5.74, 6) is 0. The first kappa shape index (κ1) is 7.81. The zero-order valence-corrected chi connectivity index (χ0v) is 5.28. The lowest BCUT2D eigenvalue weighted by atomic mass is 10.7. The Morgan fingerprint density at radius 3 is 2.75 bits per heavy atom. The van der Waals surface area contributed by atoms with Crippen LogP contribution in [0.3, 0.4) is 0 Å². The van der Waals surface area contributed by atoms with Gasteiger partial charge in [-0.05, 0) is 12.2 Å². The molecule has 0 aliphatic carbocycles. The Bertz CT molecular complexity index is 76.4. The molecule has 0 heterocycles. The minimum atomic E-state index is -0.199. The fourth-order valence-corrected chi connectivity index (χ4v) is 0.302. The van der Waals surface area contributed by atoms with E-state index in [1.165, 1.54) is 0 Å². The van der Waals surface area contributed by atoms with Crippen LogP contribution in [0.15, 0.2) is 0 Å². The zero-order valence-electron chi connectivity index (χ0n) is 4.46. The van der Waals surface area contributed by atoms with E-state index < -0.39 is 0 Å². The molecule has 0 radical (unpaired) electrons. The number of nitrogens with two attached hydrogens (primary N) is 1. The molecule has 0 bridgehead atoms. The van der Waals surface area contributed by atoms with Crippen molar-refractivity contribution in [2.45, 2.75) is 0 Å². The van der Waals surface area contributed by atoms with Crippen molar-refractivity contribution in [2.24, 2.45) is 5.73 Å². The van der Waals surface area contributed by atoms with Crippen molar-refractivity contribution in [3.63, 3.8) is 0 Å². The maximum atomic E-state index is 8.25. The minimum absolute atomic E-state index is 0.199. The van der Waals surface area contributed by atoms with E-state index in [1.807, 2.05) is 0 Å². The second-order valence-corrected chi connectivity index (χ2v) is 1.62. The number of hydrogen-bond donors (Lipinski definition) is 2. The molecule has 0 atom stereocenters. The van der Waals surface area contributed by atoms with Gasteiger partial charge in [0.2, 0.25) is 0 Å². The van der Waals surface area contributed by atoms with E-state index >= 15 is 0 Å². The van der Waals surface area contributed by atoms with Crippen LogP contribution in [0.25, 0.3) is 0 Å².